The Morgan fingerprint density at radius 1 is 1.56 bits per heavy atom. The van der Waals surface area contributed by atoms with Crippen LogP contribution < -0.4 is 0 Å². The minimum absolute atomic E-state index is 0.115. The molecule has 1 aromatic carbocycles. The van der Waals surface area contributed by atoms with Gasteiger partial charge in [0.2, 0.25) is 0 Å². The van der Waals surface area contributed by atoms with Crippen molar-refractivity contribution in [2.75, 3.05) is 0 Å². The monoisotopic (exact) mass is 302 g/mol. The molecule has 0 bridgehead atoms. The second kappa shape index (κ2) is 4.76. The van der Waals surface area contributed by atoms with Gasteiger partial charge in [0.25, 0.3) is 0 Å². The van der Waals surface area contributed by atoms with Crippen LogP contribution in [0, 0.1) is 5.92 Å². The van der Waals surface area contributed by atoms with Crippen LogP contribution in [0.25, 0.3) is 0 Å². The molecule has 2 rings (SSSR count). The van der Waals surface area contributed by atoms with Crippen molar-refractivity contribution in [3.8, 4) is 0 Å². The zero-order chi connectivity index (χ0) is 11.7. The standard InChI is InChI=1S/C12H12BrClO2/c13-11-5-8(14)3-4-9(11)10(6-12(15)16)7-1-2-7/h3-5,7,10H,1-2,6H2,(H,15,16). The highest BCUT2D eigenvalue weighted by Crippen LogP contribution is 2.46. The number of benzene rings is 1. The van der Waals surface area contributed by atoms with Crippen LogP contribution in [-0.4, -0.2) is 11.1 Å². The van der Waals surface area contributed by atoms with Gasteiger partial charge in [-0.2, -0.15) is 0 Å². The zero-order valence-electron chi connectivity index (χ0n) is 8.62. The summed E-state index contributed by atoms with van der Waals surface area (Å²) in [5, 5.41) is 9.59. The summed E-state index contributed by atoms with van der Waals surface area (Å²) in [4.78, 5) is 10.9. The minimum atomic E-state index is -0.737. The van der Waals surface area contributed by atoms with Gasteiger partial charge in [0.1, 0.15) is 0 Å². The lowest BCUT2D eigenvalue weighted by Crippen LogP contribution is -2.08. The molecule has 0 saturated heterocycles. The average molecular weight is 304 g/mol. The van der Waals surface area contributed by atoms with Gasteiger partial charge in [-0.05, 0) is 42.4 Å². The van der Waals surface area contributed by atoms with Gasteiger partial charge in [0.15, 0.2) is 0 Å². The molecule has 1 fully saturated rings. The van der Waals surface area contributed by atoms with E-state index in [-0.39, 0.29) is 12.3 Å². The normalized spacial score (nSPS) is 17.1. The number of aliphatic carboxylic acids is 1. The van der Waals surface area contributed by atoms with E-state index in [2.05, 4.69) is 15.9 Å². The summed E-state index contributed by atoms with van der Waals surface area (Å²) < 4.78 is 0.915. The summed E-state index contributed by atoms with van der Waals surface area (Å²) in [6, 6.07) is 5.57. The summed E-state index contributed by atoms with van der Waals surface area (Å²) in [6.07, 6.45) is 2.46. The minimum Gasteiger partial charge on any atom is -0.481 e. The third-order valence-electron chi connectivity index (χ3n) is 2.95. The first-order valence-corrected chi connectivity index (χ1v) is 6.41. The molecule has 0 aromatic heterocycles. The SMILES string of the molecule is O=C(O)CC(c1ccc(Cl)cc1Br)C1CC1. The highest BCUT2D eigenvalue weighted by molar-refractivity contribution is 9.10. The van der Waals surface area contributed by atoms with Gasteiger partial charge >= 0.3 is 5.97 Å². The third-order valence-corrected chi connectivity index (χ3v) is 3.87. The molecule has 2 nitrogen and oxygen atoms in total. The lowest BCUT2D eigenvalue weighted by molar-refractivity contribution is -0.137. The van der Waals surface area contributed by atoms with E-state index in [9.17, 15) is 4.79 Å². The summed E-state index contributed by atoms with van der Waals surface area (Å²) >= 11 is 9.33. The van der Waals surface area contributed by atoms with Gasteiger partial charge in [0, 0.05) is 9.50 Å². The molecule has 1 aliphatic rings. The highest BCUT2D eigenvalue weighted by Gasteiger charge is 2.34. The van der Waals surface area contributed by atoms with Crippen molar-refractivity contribution in [3.05, 3.63) is 33.3 Å². The molecule has 1 saturated carbocycles. The van der Waals surface area contributed by atoms with E-state index < -0.39 is 5.97 Å². The maximum absolute atomic E-state index is 10.9. The molecule has 1 aromatic rings. The quantitative estimate of drug-likeness (QED) is 0.910. The Bertz CT molecular complexity index is 415. The Balaban J connectivity index is 2.27. The summed E-state index contributed by atoms with van der Waals surface area (Å²) in [5.41, 5.74) is 1.06. The molecule has 0 amide bonds. The average Bonchev–Trinajstić information content (AvgIpc) is 2.97. The van der Waals surface area contributed by atoms with Crippen LogP contribution in [0.2, 0.25) is 5.02 Å². The number of carboxylic acids is 1. The molecule has 0 spiro atoms. The van der Waals surface area contributed by atoms with Gasteiger partial charge in [-0.15, -0.1) is 0 Å². The molecule has 86 valence electrons. The summed E-state index contributed by atoms with van der Waals surface area (Å²) in [6.45, 7) is 0. The largest absolute Gasteiger partial charge is 0.481 e. The molecular weight excluding hydrogens is 291 g/mol. The predicted octanol–water partition coefficient (Wildman–Crippen LogP) is 4.07. The van der Waals surface area contributed by atoms with Gasteiger partial charge in [-0.3, -0.25) is 4.79 Å². The van der Waals surface area contributed by atoms with Crippen LogP contribution in [0.3, 0.4) is 0 Å². The number of rotatable bonds is 4. The fraction of sp³-hybridized carbons (Fsp3) is 0.417. The number of hydrogen-bond donors (Lipinski definition) is 1. The second-order valence-electron chi connectivity index (χ2n) is 4.21. The summed E-state index contributed by atoms with van der Waals surface area (Å²) in [5.74, 6) is -0.100. The molecule has 1 unspecified atom stereocenters. The maximum atomic E-state index is 10.9. The van der Waals surface area contributed by atoms with Gasteiger partial charge in [-0.1, -0.05) is 33.6 Å². The predicted molar refractivity (Wildman–Crippen MR) is 66.9 cm³/mol. The number of carbonyl (C=O) groups is 1. The third kappa shape index (κ3) is 2.77. The molecule has 0 radical (unpaired) electrons. The molecular formula is C12H12BrClO2. The van der Waals surface area contributed by atoms with Crippen molar-refractivity contribution in [2.45, 2.75) is 25.2 Å². The molecule has 1 aliphatic carbocycles. The molecule has 0 heterocycles. The molecule has 1 atom stereocenters. The van der Waals surface area contributed by atoms with Gasteiger partial charge < -0.3 is 5.11 Å². The Labute approximate surface area is 108 Å². The van der Waals surface area contributed by atoms with Gasteiger partial charge in [0.05, 0.1) is 6.42 Å². The van der Waals surface area contributed by atoms with Crippen molar-refractivity contribution >= 4 is 33.5 Å². The lowest BCUT2D eigenvalue weighted by Gasteiger charge is -2.16. The molecule has 0 aliphatic heterocycles. The van der Waals surface area contributed by atoms with Crippen LogP contribution in [0.4, 0.5) is 0 Å². The Hall–Kier alpha value is -0.540. The Morgan fingerprint density at radius 3 is 2.75 bits per heavy atom. The Morgan fingerprint density at radius 2 is 2.25 bits per heavy atom. The van der Waals surface area contributed by atoms with Crippen LogP contribution >= 0.6 is 27.5 Å². The number of halogens is 2. The van der Waals surface area contributed by atoms with Crippen LogP contribution in [0.15, 0.2) is 22.7 Å². The van der Waals surface area contributed by atoms with Crippen molar-refractivity contribution < 1.29 is 9.90 Å². The topological polar surface area (TPSA) is 37.3 Å². The fourth-order valence-electron chi connectivity index (χ4n) is 2.02. The van der Waals surface area contributed by atoms with E-state index in [0.717, 1.165) is 22.9 Å². The van der Waals surface area contributed by atoms with E-state index in [1.165, 1.54) is 0 Å². The van der Waals surface area contributed by atoms with Crippen molar-refractivity contribution in [1.82, 2.24) is 0 Å². The number of carboxylic acid groups (broad SMARTS) is 1. The van der Waals surface area contributed by atoms with E-state index in [0.29, 0.717) is 10.9 Å². The first kappa shape index (κ1) is 11.9. The molecule has 4 heteroatoms. The first-order valence-electron chi connectivity index (χ1n) is 5.24. The van der Waals surface area contributed by atoms with Crippen LogP contribution in [-0.2, 0) is 4.79 Å². The van der Waals surface area contributed by atoms with Crippen LogP contribution in [0.5, 0.6) is 0 Å². The van der Waals surface area contributed by atoms with E-state index in [1.807, 2.05) is 18.2 Å². The smallest absolute Gasteiger partial charge is 0.303 e. The van der Waals surface area contributed by atoms with Gasteiger partial charge in [-0.25, -0.2) is 0 Å². The van der Waals surface area contributed by atoms with E-state index >= 15 is 0 Å². The van der Waals surface area contributed by atoms with Crippen molar-refractivity contribution in [3.63, 3.8) is 0 Å². The molecule has 16 heavy (non-hydrogen) atoms. The highest BCUT2D eigenvalue weighted by atomic mass is 79.9. The van der Waals surface area contributed by atoms with Crippen molar-refractivity contribution in [2.24, 2.45) is 5.92 Å². The summed E-state index contributed by atoms with van der Waals surface area (Å²) in [7, 11) is 0. The maximum Gasteiger partial charge on any atom is 0.303 e. The zero-order valence-corrected chi connectivity index (χ0v) is 11.0. The van der Waals surface area contributed by atoms with Crippen molar-refractivity contribution in [1.29, 1.82) is 0 Å². The lowest BCUT2D eigenvalue weighted by atomic mass is 9.91. The van der Waals surface area contributed by atoms with Crippen LogP contribution in [0.1, 0.15) is 30.7 Å². The fourth-order valence-corrected chi connectivity index (χ4v) is 3.00. The van der Waals surface area contributed by atoms with E-state index in [1.54, 1.807) is 0 Å². The second-order valence-corrected chi connectivity index (χ2v) is 5.50. The van der Waals surface area contributed by atoms with E-state index in [4.69, 9.17) is 16.7 Å². The first-order chi connectivity index (χ1) is 7.58. The number of hydrogen-bond acceptors (Lipinski definition) is 1. The Kier molecular flexibility index (Phi) is 3.55. The molecule has 1 N–H and O–H groups in total.